The maximum atomic E-state index is 13.5. The van der Waals surface area contributed by atoms with E-state index in [0.717, 1.165) is 31.9 Å². The number of esters is 3. The van der Waals surface area contributed by atoms with E-state index in [0.29, 0.717) is 0 Å². The number of alkyl halides is 1. The highest BCUT2D eigenvalue weighted by Gasteiger charge is 2.41. The smallest absolute Gasteiger partial charge is 0.458 e. The number of rotatable bonds is 16. The highest BCUT2D eigenvalue weighted by atomic mass is 79.9. The fraction of sp³-hybridized carbons (Fsp3) is 0.423. The average molecular weight is 631 g/mol. The molecular formula is C26H32BrO11P. The minimum absolute atomic E-state index is 0.0688. The van der Waals surface area contributed by atoms with Gasteiger partial charge in [0, 0.05) is 27.2 Å². The number of carbonyl (C=O) groups excluding carboxylic acids is 3. The van der Waals surface area contributed by atoms with Gasteiger partial charge < -0.3 is 19.3 Å². The van der Waals surface area contributed by atoms with Gasteiger partial charge in [-0.3, -0.25) is 28.0 Å². The van der Waals surface area contributed by atoms with Gasteiger partial charge in [0.25, 0.3) is 0 Å². The first-order valence-corrected chi connectivity index (χ1v) is 14.3. The van der Waals surface area contributed by atoms with Crippen molar-refractivity contribution in [2.24, 2.45) is 0 Å². The summed E-state index contributed by atoms with van der Waals surface area (Å²) in [7, 11) is -4.16. The molecule has 2 aromatic rings. The number of hydrogen-bond donors (Lipinski definition) is 1. The van der Waals surface area contributed by atoms with Crippen LogP contribution in [0.2, 0.25) is 0 Å². The molecule has 0 heterocycles. The van der Waals surface area contributed by atoms with Crippen molar-refractivity contribution in [2.45, 2.75) is 63.7 Å². The highest BCUT2D eigenvalue weighted by Crippen LogP contribution is 2.51. The Morgan fingerprint density at radius 3 is 1.59 bits per heavy atom. The van der Waals surface area contributed by atoms with Crippen LogP contribution >= 0.6 is 23.8 Å². The Balaban J connectivity index is 2.21. The lowest BCUT2D eigenvalue weighted by atomic mass is 10.0. The summed E-state index contributed by atoms with van der Waals surface area (Å²) in [6.45, 7) is 2.84. The molecule has 13 heteroatoms. The molecule has 0 aliphatic heterocycles. The molecule has 4 atom stereocenters. The van der Waals surface area contributed by atoms with Crippen LogP contribution in [0.15, 0.2) is 60.7 Å². The van der Waals surface area contributed by atoms with E-state index in [9.17, 15) is 24.1 Å². The van der Waals surface area contributed by atoms with Crippen LogP contribution in [0.4, 0.5) is 0 Å². The predicted octanol–water partition coefficient (Wildman–Crippen LogP) is 4.44. The first-order valence-electron chi connectivity index (χ1n) is 11.9. The van der Waals surface area contributed by atoms with Gasteiger partial charge in [0.2, 0.25) is 0 Å². The monoisotopic (exact) mass is 630 g/mol. The molecule has 0 bridgehead atoms. The van der Waals surface area contributed by atoms with Crippen molar-refractivity contribution in [3.8, 4) is 0 Å². The fourth-order valence-electron chi connectivity index (χ4n) is 3.37. The van der Waals surface area contributed by atoms with E-state index in [2.05, 4.69) is 15.9 Å². The third-order valence-corrected chi connectivity index (χ3v) is 6.91. The molecule has 2 rings (SSSR count). The second-order valence-corrected chi connectivity index (χ2v) is 10.9. The van der Waals surface area contributed by atoms with E-state index in [1.165, 1.54) is 0 Å². The lowest BCUT2D eigenvalue weighted by molar-refractivity contribution is -0.188. The van der Waals surface area contributed by atoms with E-state index in [1.54, 1.807) is 48.5 Å². The number of carbonyl (C=O) groups is 3. The van der Waals surface area contributed by atoms with E-state index >= 15 is 0 Å². The first kappa shape index (κ1) is 32.6. The van der Waals surface area contributed by atoms with Gasteiger partial charge in [0.15, 0.2) is 12.2 Å². The topological polar surface area (TPSA) is 144 Å². The Kier molecular flexibility index (Phi) is 13.8. The molecule has 2 aromatic carbocycles. The molecule has 0 aromatic heterocycles. The number of hydrogen-bond acceptors (Lipinski definition) is 11. The largest absolute Gasteiger partial charge is 0.475 e. The molecule has 1 N–H and O–H groups in total. The molecule has 0 fully saturated rings. The standard InChI is InChI=1S/C26H32BrO11P/c1-18(28)36-23(24(37-19(2)29)25(26(27)31)38-20(3)30)14-15-33-39(32,34-16-21-10-6-4-7-11-21)35-17-22-12-8-5-9-13-22/h4-13,23-26,31H,14-17H2,1-3H3/t23-,24+,25?,26+/m1/s1. The number of phosphoric ester groups is 1. The lowest BCUT2D eigenvalue weighted by Gasteiger charge is -2.32. The summed E-state index contributed by atoms with van der Waals surface area (Å²) in [6.07, 6.45) is -4.32. The van der Waals surface area contributed by atoms with Gasteiger partial charge >= 0.3 is 25.7 Å². The quantitative estimate of drug-likeness (QED) is 0.122. The van der Waals surface area contributed by atoms with E-state index in [4.69, 9.17) is 27.8 Å². The number of aliphatic hydroxyl groups is 1. The average Bonchev–Trinajstić information content (AvgIpc) is 2.88. The second kappa shape index (κ2) is 16.5. The van der Waals surface area contributed by atoms with Crippen LogP contribution < -0.4 is 0 Å². The van der Waals surface area contributed by atoms with Crippen molar-refractivity contribution in [3.63, 3.8) is 0 Å². The Morgan fingerprint density at radius 2 is 1.18 bits per heavy atom. The Hall–Kier alpha value is -2.60. The van der Waals surface area contributed by atoms with Crippen molar-refractivity contribution < 1.29 is 51.8 Å². The van der Waals surface area contributed by atoms with Crippen LogP contribution in [0.1, 0.15) is 38.3 Å². The van der Waals surface area contributed by atoms with Gasteiger partial charge in [0.1, 0.15) is 11.1 Å². The van der Waals surface area contributed by atoms with E-state index < -0.39 is 49.1 Å². The summed E-state index contributed by atoms with van der Waals surface area (Å²) in [5.74, 6) is -2.31. The molecule has 0 aliphatic rings. The number of halogens is 1. The summed E-state index contributed by atoms with van der Waals surface area (Å²) in [6, 6.07) is 18.0. The van der Waals surface area contributed by atoms with Crippen LogP contribution in [0.25, 0.3) is 0 Å². The van der Waals surface area contributed by atoms with Gasteiger partial charge in [-0.1, -0.05) is 76.6 Å². The zero-order valence-electron chi connectivity index (χ0n) is 21.8. The number of benzene rings is 2. The normalized spacial score (nSPS) is 14.5. The summed E-state index contributed by atoms with van der Waals surface area (Å²) in [5.41, 5.74) is 1.46. The number of aliphatic hydroxyl groups excluding tert-OH is 1. The van der Waals surface area contributed by atoms with Gasteiger partial charge in [-0.05, 0) is 11.1 Å². The maximum Gasteiger partial charge on any atom is 0.475 e. The van der Waals surface area contributed by atoms with Gasteiger partial charge in [-0.2, -0.15) is 0 Å². The summed E-state index contributed by atoms with van der Waals surface area (Å²) >= 11 is 2.91. The van der Waals surface area contributed by atoms with Crippen LogP contribution in [0.3, 0.4) is 0 Å². The number of ether oxygens (including phenoxy) is 3. The van der Waals surface area contributed by atoms with Crippen LogP contribution in [0.5, 0.6) is 0 Å². The number of phosphoric acid groups is 1. The van der Waals surface area contributed by atoms with Gasteiger partial charge in [-0.25, -0.2) is 4.57 Å². The van der Waals surface area contributed by atoms with E-state index in [-0.39, 0.29) is 26.2 Å². The highest BCUT2D eigenvalue weighted by molar-refractivity contribution is 9.09. The van der Waals surface area contributed by atoms with Gasteiger partial charge in [0.05, 0.1) is 19.8 Å². The van der Waals surface area contributed by atoms with E-state index in [1.807, 2.05) is 12.1 Å². The SMILES string of the molecule is CC(=O)OC([C@H](O)Br)[C@@H](OC(C)=O)[C@@H](CCOP(=O)(OCc1ccccc1)OCc1ccccc1)OC(C)=O. The van der Waals surface area contributed by atoms with Crippen LogP contribution in [0, 0.1) is 0 Å². The van der Waals surface area contributed by atoms with Crippen LogP contribution in [-0.2, 0) is 59.9 Å². The van der Waals surface area contributed by atoms with Crippen molar-refractivity contribution in [3.05, 3.63) is 71.8 Å². The third kappa shape index (κ3) is 12.4. The Bertz CT molecular complexity index is 1050. The maximum absolute atomic E-state index is 13.5. The molecule has 1 unspecified atom stereocenters. The Labute approximate surface area is 235 Å². The van der Waals surface area contributed by atoms with Crippen molar-refractivity contribution in [1.29, 1.82) is 0 Å². The first-order chi connectivity index (χ1) is 18.5. The van der Waals surface area contributed by atoms with Crippen molar-refractivity contribution >= 4 is 41.7 Å². The minimum Gasteiger partial charge on any atom is -0.458 e. The molecule has 0 spiro atoms. The molecule has 0 saturated heterocycles. The third-order valence-electron chi connectivity index (χ3n) is 5.00. The zero-order chi connectivity index (χ0) is 28.8. The van der Waals surface area contributed by atoms with Crippen LogP contribution in [-0.4, -0.2) is 52.9 Å². The van der Waals surface area contributed by atoms with Crippen molar-refractivity contribution in [1.82, 2.24) is 0 Å². The fourth-order valence-corrected chi connectivity index (χ4v) is 4.94. The predicted molar refractivity (Wildman–Crippen MR) is 142 cm³/mol. The Morgan fingerprint density at radius 1 is 0.744 bits per heavy atom. The molecule has 0 aliphatic carbocycles. The minimum atomic E-state index is -4.16. The molecular weight excluding hydrogens is 599 g/mol. The van der Waals surface area contributed by atoms with Gasteiger partial charge in [-0.15, -0.1) is 0 Å². The summed E-state index contributed by atoms with van der Waals surface area (Å²) < 4.78 is 45.9. The summed E-state index contributed by atoms with van der Waals surface area (Å²) in [5, 5.41) is 8.66. The second-order valence-electron chi connectivity index (χ2n) is 8.26. The van der Waals surface area contributed by atoms with Crippen molar-refractivity contribution in [2.75, 3.05) is 6.61 Å². The molecule has 0 amide bonds. The molecule has 214 valence electrons. The zero-order valence-corrected chi connectivity index (χ0v) is 24.2. The molecule has 0 saturated carbocycles. The molecule has 39 heavy (non-hydrogen) atoms. The lowest BCUT2D eigenvalue weighted by Crippen LogP contribution is -2.49. The molecule has 0 radical (unpaired) electrons. The summed E-state index contributed by atoms with van der Waals surface area (Å²) in [4.78, 5) is 35.3. The molecule has 11 nitrogen and oxygen atoms in total.